The number of hydrogen-bond donors (Lipinski definition) is 2. The van der Waals surface area contributed by atoms with Gasteiger partial charge in [0, 0.05) is 21.9 Å². The minimum absolute atomic E-state index is 0.242. The van der Waals surface area contributed by atoms with Crippen molar-refractivity contribution in [3.8, 4) is 34.1 Å². The lowest BCUT2D eigenvalue weighted by atomic mass is 9.98. The third-order valence-corrected chi connectivity index (χ3v) is 7.75. The fraction of sp³-hybridized carbons (Fsp3) is 0.290. The molecule has 5 rings (SSSR count). The molecule has 1 fully saturated rings. The van der Waals surface area contributed by atoms with E-state index in [2.05, 4.69) is 42.8 Å². The first-order valence-electron chi connectivity index (χ1n) is 12.7. The van der Waals surface area contributed by atoms with E-state index in [0.717, 1.165) is 52.1 Å². The molecule has 4 aromatic carbocycles. The fourth-order valence-electron chi connectivity index (χ4n) is 4.88. The minimum atomic E-state index is 0.242. The van der Waals surface area contributed by atoms with Crippen LogP contribution in [0.15, 0.2) is 77.7 Å². The summed E-state index contributed by atoms with van der Waals surface area (Å²) < 4.78 is 12.5. The van der Waals surface area contributed by atoms with E-state index in [-0.39, 0.29) is 5.75 Å². The lowest BCUT2D eigenvalue weighted by Gasteiger charge is -2.23. The van der Waals surface area contributed by atoms with Gasteiger partial charge in [0.2, 0.25) is 0 Å². The van der Waals surface area contributed by atoms with Gasteiger partial charge in [-0.2, -0.15) is 0 Å². The minimum Gasteiger partial charge on any atom is -0.508 e. The van der Waals surface area contributed by atoms with Gasteiger partial charge in [0.25, 0.3) is 0 Å². The van der Waals surface area contributed by atoms with E-state index in [1.807, 2.05) is 36.4 Å². The molecular weight excluding hydrogens is 466 g/mol. The Morgan fingerprint density at radius 1 is 0.944 bits per heavy atom. The second kappa shape index (κ2) is 11.3. The summed E-state index contributed by atoms with van der Waals surface area (Å²) in [6.07, 6.45) is 6.95. The molecule has 1 saturated heterocycles. The number of thioether (sulfide) groups is 1. The predicted octanol–water partition coefficient (Wildman–Crippen LogP) is 7.95. The van der Waals surface area contributed by atoms with Crippen molar-refractivity contribution in [2.75, 3.05) is 19.4 Å². The van der Waals surface area contributed by atoms with Gasteiger partial charge in [0.15, 0.2) is 0 Å². The van der Waals surface area contributed by atoms with E-state index in [9.17, 15) is 5.11 Å². The third-order valence-electron chi connectivity index (χ3n) is 6.85. The fourth-order valence-corrected chi connectivity index (χ4v) is 5.47. The van der Waals surface area contributed by atoms with Crippen molar-refractivity contribution in [1.29, 1.82) is 0 Å². The second-order valence-electron chi connectivity index (χ2n) is 9.39. The molecule has 5 heteroatoms. The first-order chi connectivity index (χ1) is 17.6. The summed E-state index contributed by atoms with van der Waals surface area (Å²) >= 11 is 1.75. The van der Waals surface area contributed by atoms with Gasteiger partial charge in [-0.1, -0.05) is 24.6 Å². The van der Waals surface area contributed by atoms with Crippen molar-refractivity contribution in [3.05, 3.63) is 78.4 Å². The average molecular weight is 500 g/mol. The van der Waals surface area contributed by atoms with Crippen molar-refractivity contribution < 1.29 is 14.6 Å². The van der Waals surface area contributed by atoms with Crippen LogP contribution in [-0.4, -0.2) is 30.6 Å². The number of aryl methyl sites for hydroxylation is 1. The maximum atomic E-state index is 10.0. The highest BCUT2D eigenvalue weighted by molar-refractivity contribution is 7.98. The molecule has 186 valence electrons. The number of hydrogen-bond acceptors (Lipinski definition) is 5. The van der Waals surface area contributed by atoms with Crippen LogP contribution in [0.3, 0.4) is 0 Å². The molecule has 0 saturated carbocycles. The number of nitrogens with one attached hydrogen (secondary N) is 1. The van der Waals surface area contributed by atoms with Crippen LogP contribution in [0.25, 0.3) is 21.9 Å². The van der Waals surface area contributed by atoms with Gasteiger partial charge in [-0.05, 0) is 110 Å². The molecule has 36 heavy (non-hydrogen) atoms. The molecular formula is C31H33NO3S. The Kier molecular flexibility index (Phi) is 7.69. The Bertz CT molecular complexity index is 1330. The van der Waals surface area contributed by atoms with E-state index in [1.165, 1.54) is 29.7 Å². The SMILES string of the molecule is CSc1ccc(-c2ccc3cc(O)ccc3c2Oc2ccc(OCCC3CCCCN3)cc2)cc1C. The Labute approximate surface area is 217 Å². The number of aromatic hydroxyl groups is 1. The summed E-state index contributed by atoms with van der Waals surface area (Å²) in [7, 11) is 0. The lowest BCUT2D eigenvalue weighted by molar-refractivity contribution is 0.268. The Morgan fingerprint density at radius 3 is 2.53 bits per heavy atom. The third kappa shape index (κ3) is 5.63. The molecule has 2 N–H and O–H groups in total. The maximum absolute atomic E-state index is 10.0. The molecule has 0 radical (unpaired) electrons. The van der Waals surface area contributed by atoms with Crippen LogP contribution in [0.2, 0.25) is 0 Å². The van der Waals surface area contributed by atoms with E-state index in [1.54, 1.807) is 23.9 Å². The predicted molar refractivity (Wildman–Crippen MR) is 150 cm³/mol. The maximum Gasteiger partial charge on any atom is 0.143 e. The topological polar surface area (TPSA) is 50.7 Å². The van der Waals surface area contributed by atoms with E-state index in [4.69, 9.17) is 9.47 Å². The first-order valence-corrected chi connectivity index (χ1v) is 13.9. The Balaban J connectivity index is 1.39. The van der Waals surface area contributed by atoms with Crippen LogP contribution < -0.4 is 14.8 Å². The monoisotopic (exact) mass is 499 g/mol. The van der Waals surface area contributed by atoms with E-state index in [0.29, 0.717) is 12.6 Å². The zero-order valence-electron chi connectivity index (χ0n) is 20.9. The molecule has 1 heterocycles. The summed E-state index contributed by atoms with van der Waals surface area (Å²) in [5, 5.41) is 15.5. The normalized spacial score (nSPS) is 15.7. The van der Waals surface area contributed by atoms with Crippen LogP contribution in [0.1, 0.15) is 31.2 Å². The Morgan fingerprint density at radius 2 is 1.78 bits per heavy atom. The zero-order valence-corrected chi connectivity index (χ0v) is 21.7. The van der Waals surface area contributed by atoms with E-state index >= 15 is 0 Å². The average Bonchev–Trinajstić information content (AvgIpc) is 2.90. The van der Waals surface area contributed by atoms with Crippen LogP contribution in [0, 0.1) is 6.92 Å². The number of rotatable bonds is 8. The molecule has 1 unspecified atom stereocenters. The number of piperidine rings is 1. The second-order valence-corrected chi connectivity index (χ2v) is 10.2. The standard InChI is InChI=1S/C31H33NO3S/c1-21-19-22(7-15-30(21)36-2)28-13-6-23-20-25(33)8-14-29(23)31(28)35-27-11-9-26(10-12-27)34-18-16-24-5-3-4-17-32-24/h6-15,19-20,24,32-33H,3-5,16-18H2,1-2H3. The largest absolute Gasteiger partial charge is 0.508 e. The number of phenolic OH excluding ortho intramolecular Hbond substituents is 1. The van der Waals surface area contributed by atoms with Crippen molar-refractivity contribution in [2.24, 2.45) is 0 Å². The molecule has 0 aromatic heterocycles. The first kappa shape index (κ1) is 24.5. The summed E-state index contributed by atoms with van der Waals surface area (Å²) in [5.41, 5.74) is 3.36. The van der Waals surface area contributed by atoms with Gasteiger partial charge >= 0.3 is 0 Å². The van der Waals surface area contributed by atoms with Crippen molar-refractivity contribution >= 4 is 22.5 Å². The molecule has 1 aliphatic heterocycles. The molecule has 4 nitrogen and oxygen atoms in total. The highest BCUT2D eigenvalue weighted by Crippen LogP contribution is 2.41. The summed E-state index contributed by atoms with van der Waals surface area (Å²) in [4.78, 5) is 1.27. The summed E-state index contributed by atoms with van der Waals surface area (Å²) in [5.74, 6) is 2.62. The molecule has 0 aliphatic carbocycles. The number of fused-ring (bicyclic) bond motifs is 1. The van der Waals surface area contributed by atoms with Gasteiger partial charge in [0.1, 0.15) is 23.0 Å². The van der Waals surface area contributed by atoms with Crippen molar-refractivity contribution in [1.82, 2.24) is 5.32 Å². The molecule has 0 spiro atoms. The quantitative estimate of drug-likeness (QED) is 0.241. The lowest BCUT2D eigenvalue weighted by Crippen LogP contribution is -2.35. The van der Waals surface area contributed by atoms with Gasteiger partial charge in [-0.25, -0.2) is 0 Å². The smallest absolute Gasteiger partial charge is 0.143 e. The van der Waals surface area contributed by atoms with Crippen molar-refractivity contribution in [3.63, 3.8) is 0 Å². The molecule has 0 amide bonds. The highest BCUT2D eigenvalue weighted by atomic mass is 32.2. The van der Waals surface area contributed by atoms with Gasteiger partial charge in [-0.3, -0.25) is 0 Å². The number of phenols is 1. The molecule has 1 atom stereocenters. The number of benzene rings is 4. The van der Waals surface area contributed by atoms with Crippen LogP contribution >= 0.6 is 11.8 Å². The molecule has 1 aliphatic rings. The van der Waals surface area contributed by atoms with Gasteiger partial charge in [-0.15, -0.1) is 11.8 Å². The Hall–Kier alpha value is -3.15. The molecule has 0 bridgehead atoms. The van der Waals surface area contributed by atoms with E-state index < -0.39 is 0 Å². The molecule has 4 aromatic rings. The van der Waals surface area contributed by atoms with Gasteiger partial charge in [0.05, 0.1) is 6.61 Å². The summed E-state index contributed by atoms with van der Waals surface area (Å²) in [6.45, 7) is 3.96. The van der Waals surface area contributed by atoms with Crippen LogP contribution in [0.5, 0.6) is 23.0 Å². The highest BCUT2D eigenvalue weighted by Gasteiger charge is 2.15. The van der Waals surface area contributed by atoms with Crippen LogP contribution in [0.4, 0.5) is 0 Å². The van der Waals surface area contributed by atoms with Crippen LogP contribution in [-0.2, 0) is 0 Å². The number of ether oxygens (including phenoxy) is 2. The summed E-state index contributed by atoms with van der Waals surface area (Å²) in [6, 6.07) is 24.4. The zero-order chi connectivity index (χ0) is 24.9. The van der Waals surface area contributed by atoms with Gasteiger partial charge < -0.3 is 19.9 Å². The van der Waals surface area contributed by atoms with Crippen molar-refractivity contribution in [2.45, 2.75) is 43.5 Å².